The highest BCUT2D eigenvalue weighted by Crippen LogP contribution is 2.60. The Hall–Kier alpha value is -2.57. The topological polar surface area (TPSA) is 90.5 Å². The molecule has 190 valence electrons. The molecule has 0 radical (unpaired) electrons. The highest BCUT2D eigenvalue weighted by Gasteiger charge is 2.54. The number of nitrogens with one attached hydrogen (secondary N) is 3. The van der Waals surface area contributed by atoms with Crippen LogP contribution in [0.3, 0.4) is 0 Å². The Labute approximate surface area is 208 Å². The lowest BCUT2D eigenvalue weighted by Crippen LogP contribution is -2.55. The van der Waals surface area contributed by atoms with Gasteiger partial charge in [0.05, 0.1) is 6.54 Å². The predicted molar refractivity (Wildman–Crippen MR) is 137 cm³/mol. The Kier molecular flexibility index (Phi) is 7.03. The third kappa shape index (κ3) is 5.34. The van der Waals surface area contributed by atoms with E-state index >= 15 is 0 Å². The van der Waals surface area contributed by atoms with Gasteiger partial charge in [-0.1, -0.05) is 19.4 Å². The Bertz CT molecular complexity index is 920. The molecule has 1 unspecified atom stereocenters. The van der Waals surface area contributed by atoms with Crippen LogP contribution in [0.5, 0.6) is 0 Å². The molecule has 0 spiro atoms. The number of nitrogens with zero attached hydrogens (tertiary/aromatic N) is 1. The number of anilines is 2. The van der Waals surface area contributed by atoms with E-state index in [0.717, 1.165) is 50.1 Å². The van der Waals surface area contributed by atoms with Crippen LogP contribution in [-0.4, -0.2) is 43.4 Å². The highest BCUT2D eigenvalue weighted by molar-refractivity contribution is 5.98. The smallest absolute Gasteiger partial charge is 0.246 e. The van der Waals surface area contributed by atoms with Crippen molar-refractivity contribution in [3.8, 4) is 0 Å². The fourth-order valence-electron chi connectivity index (χ4n) is 7.52. The van der Waals surface area contributed by atoms with Gasteiger partial charge in [0.25, 0.3) is 0 Å². The monoisotopic (exact) mass is 480 g/mol. The minimum atomic E-state index is -0.626. The number of benzene rings is 1. The van der Waals surface area contributed by atoms with Crippen LogP contribution in [0, 0.1) is 23.2 Å². The zero-order chi connectivity index (χ0) is 24.4. The van der Waals surface area contributed by atoms with Crippen LogP contribution in [-0.2, 0) is 14.4 Å². The van der Waals surface area contributed by atoms with Gasteiger partial charge in [0.2, 0.25) is 17.7 Å². The zero-order valence-electron chi connectivity index (χ0n) is 21.0. The van der Waals surface area contributed by atoms with Gasteiger partial charge in [0, 0.05) is 29.9 Å². The summed E-state index contributed by atoms with van der Waals surface area (Å²) in [6, 6.07) is 7.28. The summed E-state index contributed by atoms with van der Waals surface area (Å²) in [7, 11) is 0. The minimum absolute atomic E-state index is 0.0435. The molecule has 5 aliphatic rings. The van der Waals surface area contributed by atoms with E-state index in [2.05, 4.69) is 26.9 Å². The van der Waals surface area contributed by atoms with Gasteiger partial charge >= 0.3 is 0 Å². The molecular weight excluding hydrogens is 440 g/mol. The van der Waals surface area contributed by atoms with Gasteiger partial charge in [0.15, 0.2) is 0 Å². The normalized spacial score (nSPS) is 29.6. The molecule has 3 amide bonds. The second-order valence-corrected chi connectivity index (χ2v) is 11.5. The van der Waals surface area contributed by atoms with Gasteiger partial charge in [-0.25, -0.2) is 0 Å². The minimum Gasteiger partial charge on any atom is -0.371 e. The van der Waals surface area contributed by atoms with Crippen LogP contribution >= 0.6 is 0 Å². The number of hydrogen-bond donors (Lipinski definition) is 3. The lowest BCUT2D eigenvalue weighted by atomic mass is 9.49. The van der Waals surface area contributed by atoms with Gasteiger partial charge in [-0.05, 0) is 93.7 Å². The van der Waals surface area contributed by atoms with E-state index in [9.17, 15) is 14.4 Å². The number of carbonyl (C=O) groups is 3. The molecule has 1 atom stereocenters. The number of hydrogen-bond acceptors (Lipinski definition) is 4. The molecule has 6 rings (SSSR count). The molecule has 5 fully saturated rings. The van der Waals surface area contributed by atoms with Crippen molar-refractivity contribution < 1.29 is 14.4 Å². The summed E-state index contributed by atoms with van der Waals surface area (Å²) >= 11 is 0. The van der Waals surface area contributed by atoms with Crippen LogP contribution in [0.15, 0.2) is 24.3 Å². The zero-order valence-corrected chi connectivity index (χ0v) is 21.0. The molecule has 4 aliphatic carbocycles. The van der Waals surface area contributed by atoms with Crippen LogP contribution in [0.25, 0.3) is 0 Å². The van der Waals surface area contributed by atoms with E-state index in [1.165, 1.54) is 32.1 Å². The van der Waals surface area contributed by atoms with E-state index in [1.54, 1.807) is 0 Å². The molecule has 4 bridgehead atoms. The first-order chi connectivity index (χ1) is 16.9. The SMILES string of the molecule is CCCC(NC(=O)CNC(=O)C12CC3CC(CC(C3)C1)C2)C(=O)Nc1cccc(N2CCCC2)c1. The van der Waals surface area contributed by atoms with Crippen molar-refractivity contribution in [1.82, 2.24) is 10.6 Å². The van der Waals surface area contributed by atoms with Gasteiger partial charge < -0.3 is 20.9 Å². The van der Waals surface area contributed by atoms with Gasteiger partial charge in [-0.2, -0.15) is 0 Å². The van der Waals surface area contributed by atoms with Gasteiger partial charge in [0.1, 0.15) is 6.04 Å². The molecule has 0 aromatic heterocycles. The molecule has 7 nitrogen and oxygen atoms in total. The van der Waals surface area contributed by atoms with E-state index in [0.29, 0.717) is 24.2 Å². The Morgan fingerprint density at radius 2 is 1.69 bits per heavy atom. The average Bonchev–Trinajstić information content (AvgIpc) is 3.37. The van der Waals surface area contributed by atoms with Crippen molar-refractivity contribution in [3.63, 3.8) is 0 Å². The maximum atomic E-state index is 13.2. The van der Waals surface area contributed by atoms with Crippen LogP contribution in [0.4, 0.5) is 11.4 Å². The predicted octanol–water partition coefficient (Wildman–Crippen LogP) is 3.84. The number of amides is 3. The van der Waals surface area contributed by atoms with Crippen molar-refractivity contribution in [2.75, 3.05) is 29.9 Å². The maximum Gasteiger partial charge on any atom is 0.246 e. The number of rotatable bonds is 9. The molecule has 3 N–H and O–H groups in total. The molecule has 7 heteroatoms. The fourth-order valence-corrected chi connectivity index (χ4v) is 7.52. The lowest BCUT2D eigenvalue weighted by Gasteiger charge is -2.55. The molecule has 1 saturated heterocycles. The molecule has 1 aromatic carbocycles. The van der Waals surface area contributed by atoms with Crippen LogP contribution in [0.1, 0.15) is 71.1 Å². The number of carbonyl (C=O) groups excluding carboxylic acids is 3. The summed E-state index contributed by atoms with van der Waals surface area (Å²) in [6.07, 6.45) is 10.5. The van der Waals surface area contributed by atoms with Crippen molar-refractivity contribution in [3.05, 3.63) is 24.3 Å². The van der Waals surface area contributed by atoms with E-state index in [4.69, 9.17) is 0 Å². The van der Waals surface area contributed by atoms with Crippen LogP contribution < -0.4 is 20.9 Å². The van der Waals surface area contributed by atoms with Crippen molar-refractivity contribution in [2.45, 2.75) is 77.2 Å². The summed E-state index contributed by atoms with van der Waals surface area (Å²) in [5.74, 6) is 1.57. The Balaban J connectivity index is 1.14. The van der Waals surface area contributed by atoms with Crippen LogP contribution in [0.2, 0.25) is 0 Å². The molecule has 1 aliphatic heterocycles. The van der Waals surface area contributed by atoms with Crippen molar-refractivity contribution in [1.29, 1.82) is 0 Å². The summed E-state index contributed by atoms with van der Waals surface area (Å²) in [6.45, 7) is 4.01. The molecule has 35 heavy (non-hydrogen) atoms. The van der Waals surface area contributed by atoms with Gasteiger partial charge in [-0.15, -0.1) is 0 Å². The van der Waals surface area contributed by atoms with Crippen molar-refractivity contribution in [2.24, 2.45) is 23.2 Å². The van der Waals surface area contributed by atoms with Crippen molar-refractivity contribution >= 4 is 29.1 Å². The first kappa shape index (κ1) is 24.1. The average molecular weight is 481 g/mol. The molecular formula is C28H40N4O3. The summed E-state index contributed by atoms with van der Waals surface area (Å²) in [4.78, 5) is 41.2. The lowest BCUT2D eigenvalue weighted by molar-refractivity contribution is -0.147. The third-order valence-corrected chi connectivity index (χ3v) is 8.74. The standard InChI is InChI=1S/C28H40N4O3/c1-2-6-24(26(34)30-22-7-5-8-23(14-22)32-9-3-4-10-32)31-25(33)18-29-27(35)28-15-19-11-20(16-28)13-21(12-19)17-28/h5,7-8,14,19-21,24H,2-4,6,9-13,15-18H2,1H3,(H,29,35)(H,30,34)(H,31,33). The quantitative estimate of drug-likeness (QED) is 0.501. The van der Waals surface area contributed by atoms with E-state index < -0.39 is 6.04 Å². The largest absolute Gasteiger partial charge is 0.371 e. The highest BCUT2D eigenvalue weighted by atomic mass is 16.2. The molecule has 1 heterocycles. The maximum absolute atomic E-state index is 13.2. The second-order valence-electron chi connectivity index (χ2n) is 11.5. The Morgan fingerprint density at radius 3 is 2.31 bits per heavy atom. The molecule has 1 aromatic rings. The Morgan fingerprint density at radius 1 is 1.03 bits per heavy atom. The third-order valence-electron chi connectivity index (χ3n) is 8.74. The first-order valence-electron chi connectivity index (χ1n) is 13.7. The summed E-state index contributed by atoms with van der Waals surface area (Å²) in [5.41, 5.74) is 1.59. The fraction of sp³-hybridized carbons (Fsp3) is 0.679. The molecule has 4 saturated carbocycles. The first-order valence-corrected chi connectivity index (χ1v) is 13.7. The summed E-state index contributed by atoms with van der Waals surface area (Å²) in [5, 5.41) is 8.77. The second kappa shape index (κ2) is 10.2. The van der Waals surface area contributed by atoms with Gasteiger partial charge in [-0.3, -0.25) is 14.4 Å². The van der Waals surface area contributed by atoms with E-state index in [-0.39, 0.29) is 29.7 Å². The van der Waals surface area contributed by atoms with E-state index in [1.807, 2.05) is 25.1 Å². The summed E-state index contributed by atoms with van der Waals surface area (Å²) < 4.78 is 0.